The van der Waals surface area contributed by atoms with Crippen molar-refractivity contribution >= 4 is 18.3 Å². The van der Waals surface area contributed by atoms with E-state index in [0.717, 1.165) is 16.9 Å². The summed E-state index contributed by atoms with van der Waals surface area (Å²) < 4.78 is 5.68. The number of para-hydroxylation sites is 1. The van der Waals surface area contributed by atoms with Crippen molar-refractivity contribution in [2.45, 2.75) is 25.8 Å². The van der Waals surface area contributed by atoms with E-state index >= 15 is 0 Å². The number of carbonyl (C=O) groups is 1. The normalized spacial score (nSPS) is 11.2. The lowest BCUT2D eigenvalue weighted by atomic mass is 10.1. The minimum Gasteiger partial charge on any atom is -0.493 e. The van der Waals surface area contributed by atoms with Crippen LogP contribution in [-0.4, -0.2) is 19.1 Å². The highest BCUT2D eigenvalue weighted by Crippen LogP contribution is 2.16. The second kappa shape index (κ2) is 10.7. The van der Waals surface area contributed by atoms with Crippen LogP contribution in [0.2, 0.25) is 0 Å². The van der Waals surface area contributed by atoms with Crippen molar-refractivity contribution in [3.05, 3.63) is 65.7 Å². The average molecular weight is 349 g/mol. The molecule has 0 bridgehead atoms. The van der Waals surface area contributed by atoms with Crippen molar-refractivity contribution < 1.29 is 9.53 Å². The third-order valence-electron chi connectivity index (χ3n) is 3.65. The van der Waals surface area contributed by atoms with E-state index in [0.29, 0.717) is 26.0 Å². The molecule has 130 valence electrons. The van der Waals surface area contributed by atoms with Crippen molar-refractivity contribution in [1.29, 1.82) is 0 Å². The van der Waals surface area contributed by atoms with Crippen molar-refractivity contribution in [2.24, 2.45) is 5.73 Å². The Morgan fingerprint density at radius 2 is 1.79 bits per heavy atom. The number of hydrogen-bond acceptors (Lipinski definition) is 3. The lowest BCUT2D eigenvalue weighted by Crippen LogP contribution is -2.31. The van der Waals surface area contributed by atoms with E-state index < -0.39 is 0 Å². The van der Waals surface area contributed by atoms with E-state index in [1.54, 1.807) is 0 Å². The number of nitrogens with two attached hydrogens (primary N) is 1. The van der Waals surface area contributed by atoms with Crippen LogP contribution in [0, 0.1) is 6.92 Å². The molecule has 0 heterocycles. The van der Waals surface area contributed by atoms with E-state index in [1.165, 1.54) is 0 Å². The molecule has 0 aliphatic heterocycles. The Morgan fingerprint density at radius 1 is 1.12 bits per heavy atom. The first-order valence-corrected chi connectivity index (χ1v) is 7.92. The molecule has 0 spiro atoms. The third-order valence-corrected chi connectivity index (χ3v) is 3.65. The first-order valence-electron chi connectivity index (χ1n) is 7.92. The molecule has 0 aliphatic carbocycles. The van der Waals surface area contributed by atoms with Gasteiger partial charge in [-0.05, 0) is 30.5 Å². The number of aryl methyl sites for hydroxylation is 1. The zero-order chi connectivity index (χ0) is 16.5. The van der Waals surface area contributed by atoms with Gasteiger partial charge in [-0.2, -0.15) is 0 Å². The number of carbonyl (C=O) groups excluding carboxylic acids is 1. The lowest BCUT2D eigenvalue weighted by molar-refractivity contribution is -0.121. The van der Waals surface area contributed by atoms with Gasteiger partial charge in [0.25, 0.3) is 0 Å². The third kappa shape index (κ3) is 6.60. The van der Waals surface area contributed by atoms with Crippen LogP contribution in [0.25, 0.3) is 0 Å². The highest BCUT2D eigenvalue weighted by Gasteiger charge is 2.08. The Morgan fingerprint density at radius 3 is 2.50 bits per heavy atom. The Labute approximate surface area is 149 Å². The molecule has 1 atom stereocenters. The molecule has 3 N–H and O–H groups in total. The van der Waals surface area contributed by atoms with Gasteiger partial charge in [0.2, 0.25) is 5.91 Å². The van der Waals surface area contributed by atoms with Gasteiger partial charge in [0.15, 0.2) is 0 Å². The van der Waals surface area contributed by atoms with Gasteiger partial charge >= 0.3 is 0 Å². The fourth-order valence-electron chi connectivity index (χ4n) is 2.26. The highest BCUT2D eigenvalue weighted by molar-refractivity contribution is 5.85. The van der Waals surface area contributed by atoms with Crippen molar-refractivity contribution in [3.63, 3.8) is 0 Å². The lowest BCUT2D eigenvalue weighted by Gasteiger charge is -2.13. The number of halogens is 1. The van der Waals surface area contributed by atoms with Gasteiger partial charge in [0, 0.05) is 19.0 Å². The van der Waals surface area contributed by atoms with Crippen molar-refractivity contribution in [3.8, 4) is 5.75 Å². The summed E-state index contributed by atoms with van der Waals surface area (Å²) in [4.78, 5) is 11.8. The van der Waals surface area contributed by atoms with Gasteiger partial charge < -0.3 is 15.8 Å². The standard InChI is InChI=1S/C19H24N2O2.ClH/c1-15-8-5-6-11-18(15)23-13-7-12-19(22)21-14-17(20)16-9-3-2-4-10-16;/h2-6,8-11,17H,7,12-14,20H2,1H3,(H,21,22);1H. The summed E-state index contributed by atoms with van der Waals surface area (Å²) in [5.41, 5.74) is 8.18. The fraction of sp³-hybridized carbons (Fsp3) is 0.316. The van der Waals surface area contributed by atoms with Crippen LogP contribution in [0.4, 0.5) is 0 Å². The van der Waals surface area contributed by atoms with E-state index in [1.807, 2.05) is 61.5 Å². The van der Waals surface area contributed by atoms with E-state index in [9.17, 15) is 4.79 Å². The Kier molecular flexibility index (Phi) is 8.90. The Balaban J connectivity index is 0.00000288. The molecule has 2 aromatic rings. The fourth-order valence-corrected chi connectivity index (χ4v) is 2.26. The molecule has 4 nitrogen and oxygen atoms in total. The summed E-state index contributed by atoms with van der Waals surface area (Å²) >= 11 is 0. The number of benzene rings is 2. The van der Waals surface area contributed by atoms with Gasteiger partial charge in [0.05, 0.1) is 6.61 Å². The molecule has 0 aliphatic rings. The number of nitrogens with one attached hydrogen (secondary N) is 1. The summed E-state index contributed by atoms with van der Waals surface area (Å²) in [7, 11) is 0. The molecule has 0 saturated heterocycles. The molecule has 1 amide bonds. The first-order chi connectivity index (χ1) is 11.2. The van der Waals surface area contributed by atoms with Crippen LogP contribution < -0.4 is 15.8 Å². The number of hydrogen-bond donors (Lipinski definition) is 2. The SMILES string of the molecule is Cc1ccccc1OCCCC(=O)NCC(N)c1ccccc1.Cl. The van der Waals surface area contributed by atoms with Gasteiger partial charge in [-0.3, -0.25) is 4.79 Å². The summed E-state index contributed by atoms with van der Waals surface area (Å²) in [5, 5.41) is 2.87. The van der Waals surface area contributed by atoms with Gasteiger partial charge in [-0.25, -0.2) is 0 Å². The largest absolute Gasteiger partial charge is 0.493 e. The van der Waals surface area contributed by atoms with Crippen LogP contribution in [0.5, 0.6) is 5.75 Å². The van der Waals surface area contributed by atoms with Crippen molar-refractivity contribution in [1.82, 2.24) is 5.32 Å². The molecular formula is C19H25ClN2O2. The zero-order valence-electron chi connectivity index (χ0n) is 13.9. The molecule has 0 saturated carbocycles. The van der Waals surface area contributed by atoms with E-state index in [2.05, 4.69) is 5.32 Å². The predicted molar refractivity (Wildman–Crippen MR) is 99.5 cm³/mol. The van der Waals surface area contributed by atoms with Gasteiger partial charge in [-0.1, -0.05) is 48.5 Å². The van der Waals surface area contributed by atoms with E-state index in [-0.39, 0.29) is 24.4 Å². The second-order valence-electron chi connectivity index (χ2n) is 5.54. The maximum absolute atomic E-state index is 11.8. The Hall–Kier alpha value is -2.04. The summed E-state index contributed by atoms with van der Waals surface area (Å²) in [6.07, 6.45) is 1.12. The summed E-state index contributed by atoms with van der Waals surface area (Å²) in [5.74, 6) is 0.878. The summed E-state index contributed by atoms with van der Waals surface area (Å²) in [6.45, 7) is 2.98. The number of amides is 1. The second-order valence-corrected chi connectivity index (χ2v) is 5.54. The molecule has 2 rings (SSSR count). The maximum Gasteiger partial charge on any atom is 0.220 e. The smallest absolute Gasteiger partial charge is 0.220 e. The molecule has 2 aromatic carbocycles. The van der Waals surface area contributed by atoms with Crippen LogP contribution in [0.3, 0.4) is 0 Å². The average Bonchev–Trinajstić information content (AvgIpc) is 2.59. The minimum absolute atomic E-state index is 0. The number of ether oxygens (including phenoxy) is 1. The first kappa shape index (κ1) is 20.0. The van der Waals surface area contributed by atoms with Crippen LogP contribution >= 0.6 is 12.4 Å². The maximum atomic E-state index is 11.8. The predicted octanol–water partition coefficient (Wildman–Crippen LogP) is 3.39. The zero-order valence-corrected chi connectivity index (χ0v) is 14.7. The monoisotopic (exact) mass is 348 g/mol. The van der Waals surface area contributed by atoms with Gasteiger partial charge in [-0.15, -0.1) is 12.4 Å². The number of rotatable bonds is 8. The minimum atomic E-state index is -0.177. The molecule has 0 radical (unpaired) electrons. The van der Waals surface area contributed by atoms with Gasteiger partial charge in [0.1, 0.15) is 5.75 Å². The highest BCUT2D eigenvalue weighted by atomic mass is 35.5. The van der Waals surface area contributed by atoms with Crippen LogP contribution in [-0.2, 0) is 4.79 Å². The Bertz CT molecular complexity index is 620. The van der Waals surface area contributed by atoms with Crippen molar-refractivity contribution in [2.75, 3.05) is 13.2 Å². The summed E-state index contributed by atoms with van der Waals surface area (Å²) in [6, 6.07) is 17.5. The molecule has 0 aromatic heterocycles. The molecular weight excluding hydrogens is 324 g/mol. The topological polar surface area (TPSA) is 64.3 Å². The van der Waals surface area contributed by atoms with Crippen LogP contribution in [0.1, 0.15) is 30.0 Å². The van der Waals surface area contributed by atoms with E-state index in [4.69, 9.17) is 10.5 Å². The quantitative estimate of drug-likeness (QED) is 0.719. The molecule has 1 unspecified atom stereocenters. The molecule has 24 heavy (non-hydrogen) atoms. The van der Waals surface area contributed by atoms with Crippen LogP contribution in [0.15, 0.2) is 54.6 Å². The molecule has 5 heteroatoms. The molecule has 0 fully saturated rings.